The molecule has 126 valence electrons. The molecule has 0 N–H and O–H groups in total. The number of hydrogen-bond donors (Lipinski definition) is 0. The lowest BCUT2D eigenvalue weighted by Crippen LogP contribution is -2.00. The van der Waals surface area contributed by atoms with Crippen LogP contribution >= 0.6 is 11.8 Å². The lowest BCUT2D eigenvalue weighted by atomic mass is 9.91. The molecule has 0 bridgehead atoms. The van der Waals surface area contributed by atoms with Crippen molar-refractivity contribution < 1.29 is 9.18 Å². The van der Waals surface area contributed by atoms with Gasteiger partial charge in [0.2, 0.25) is 0 Å². The quantitative estimate of drug-likeness (QED) is 0.483. The van der Waals surface area contributed by atoms with Crippen LogP contribution in [0.25, 0.3) is 11.1 Å². The van der Waals surface area contributed by atoms with Crippen molar-refractivity contribution in [1.82, 2.24) is 0 Å². The highest BCUT2D eigenvalue weighted by Crippen LogP contribution is 2.40. The minimum Gasteiger partial charge on any atom is -0.298 e. The van der Waals surface area contributed by atoms with Crippen LogP contribution in [-0.2, 0) is 0 Å². The molecule has 0 spiro atoms. The zero-order valence-corrected chi connectivity index (χ0v) is 15.0. The monoisotopic (exact) mass is 350 g/mol. The second kappa shape index (κ2) is 7.66. The summed E-state index contributed by atoms with van der Waals surface area (Å²) in [4.78, 5) is 14.0. The molecule has 3 aromatic rings. The maximum absolute atomic E-state index is 13.4. The maximum Gasteiger partial charge on any atom is 0.151 e. The second-order valence-corrected chi connectivity index (χ2v) is 7.25. The van der Waals surface area contributed by atoms with Crippen LogP contribution < -0.4 is 0 Å². The first-order chi connectivity index (χ1) is 12.1. The van der Waals surface area contributed by atoms with E-state index < -0.39 is 0 Å². The third kappa shape index (κ3) is 3.83. The Labute approximate surface area is 151 Å². The Morgan fingerprint density at radius 2 is 1.60 bits per heavy atom. The molecule has 1 nitrogen and oxygen atoms in total. The lowest BCUT2D eigenvalue weighted by Gasteiger charge is -2.17. The Morgan fingerprint density at radius 3 is 2.20 bits per heavy atom. The Morgan fingerprint density at radius 1 is 0.920 bits per heavy atom. The molecule has 0 fully saturated rings. The molecule has 0 unspecified atom stereocenters. The molecular formula is C22H19FOS. The maximum atomic E-state index is 13.4. The van der Waals surface area contributed by atoms with Crippen LogP contribution in [-0.4, -0.2) is 6.29 Å². The van der Waals surface area contributed by atoms with E-state index in [1.54, 1.807) is 23.9 Å². The smallest absolute Gasteiger partial charge is 0.151 e. The van der Waals surface area contributed by atoms with E-state index in [1.165, 1.54) is 12.1 Å². The highest BCUT2D eigenvalue weighted by molar-refractivity contribution is 7.99. The van der Waals surface area contributed by atoms with Crippen molar-refractivity contribution in [2.75, 3.05) is 0 Å². The van der Waals surface area contributed by atoms with E-state index in [-0.39, 0.29) is 11.7 Å². The second-order valence-electron chi connectivity index (χ2n) is 6.14. The molecule has 0 radical (unpaired) electrons. The highest BCUT2D eigenvalue weighted by Gasteiger charge is 2.17. The van der Waals surface area contributed by atoms with E-state index in [2.05, 4.69) is 19.9 Å². The number of hydrogen-bond acceptors (Lipinski definition) is 2. The minimum absolute atomic E-state index is 0.232. The standard InChI is InChI=1S/C22H19FOS/c1-15(2)19-12-13-21(25-18-6-4-3-5-7-18)22(20(19)14-24)16-8-10-17(23)11-9-16/h3-15H,1-2H3. The van der Waals surface area contributed by atoms with Gasteiger partial charge in [-0.2, -0.15) is 0 Å². The summed E-state index contributed by atoms with van der Waals surface area (Å²) in [7, 11) is 0. The first-order valence-electron chi connectivity index (χ1n) is 8.21. The summed E-state index contributed by atoms with van der Waals surface area (Å²) in [6, 6.07) is 20.4. The normalized spacial score (nSPS) is 10.9. The Hall–Kier alpha value is -2.39. The van der Waals surface area contributed by atoms with Gasteiger partial charge in [-0.15, -0.1) is 0 Å². The van der Waals surface area contributed by atoms with Gasteiger partial charge in [0, 0.05) is 20.9 Å². The van der Waals surface area contributed by atoms with Gasteiger partial charge >= 0.3 is 0 Å². The molecule has 25 heavy (non-hydrogen) atoms. The molecule has 0 aromatic heterocycles. The SMILES string of the molecule is CC(C)c1ccc(Sc2ccccc2)c(-c2ccc(F)cc2)c1C=O. The first kappa shape index (κ1) is 17.4. The molecule has 0 aliphatic carbocycles. The molecule has 3 heteroatoms. The van der Waals surface area contributed by atoms with Gasteiger partial charge in [0.1, 0.15) is 5.82 Å². The van der Waals surface area contributed by atoms with Crippen molar-refractivity contribution >= 4 is 18.0 Å². The molecule has 3 rings (SSSR count). The van der Waals surface area contributed by atoms with Crippen molar-refractivity contribution in [2.24, 2.45) is 0 Å². The van der Waals surface area contributed by atoms with Crippen molar-refractivity contribution in [3.63, 3.8) is 0 Å². The van der Waals surface area contributed by atoms with Crippen LogP contribution in [0.15, 0.2) is 76.5 Å². The summed E-state index contributed by atoms with van der Waals surface area (Å²) in [5.41, 5.74) is 3.41. The van der Waals surface area contributed by atoms with Gasteiger partial charge in [-0.3, -0.25) is 4.79 Å². The third-order valence-corrected chi connectivity index (χ3v) is 5.15. The van der Waals surface area contributed by atoms with Crippen LogP contribution in [0.4, 0.5) is 4.39 Å². The average molecular weight is 350 g/mol. The topological polar surface area (TPSA) is 17.1 Å². The van der Waals surface area contributed by atoms with Crippen LogP contribution in [0.2, 0.25) is 0 Å². The number of aldehydes is 1. The van der Waals surface area contributed by atoms with Gasteiger partial charge in [-0.25, -0.2) is 4.39 Å². The van der Waals surface area contributed by atoms with E-state index in [1.807, 2.05) is 36.4 Å². The van der Waals surface area contributed by atoms with E-state index in [9.17, 15) is 9.18 Å². The van der Waals surface area contributed by atoms with Crippen molar-refractivity contribution in [2.45, 2.75) is 29.6 Å². The van der Waals surface area contributed by atoms with Crippen LogP contribution in [0.5, 0.6) is 0 Å². The van der Waals surface area contributed by atoms with Gasteiger partial charge in [-0.1, -0.05) is 62.0 Å². The minimum atomic E-state index is -0.284. The number of halogens is 1. The molecule has 0 aliphatic heterocycles. The molecule has 0 saturated carbocycles. The number of rotatable bonds is 5. The van der Waals surface area contributed by atoms with E-state index in [0.717, 1.165) is 32.8 Å². The van der Waals surface area contributed by atoms with E-state index in [4.69, 9.17) is 0 Å². The van der Waals surface area contributed by atoms with Gasteiger partial charge in [-0.05, 0) is 47.4 Å². The lowest BCUT2D eigenvalue weighted by molar-refractivity contribution is 0.112. The van der Waals surface area contributed by atoms with E-state index >= 15 is 0 Å². The van der Waals surface area contributed by atoms with Crippen LogP contribution in [0, 0.1) is 5.82 Å². The third-order valence-electron chi connectivity index (χ3n) is 4.08. The Bertz CT molecular complexity index is 871. The van der Waals surface area contributed by atoms with Crippen LogP contribution in [0.1, 0.15) is 35.7 Å². The number of carbonyl (C=O) groups is 1. The number of benzene rings is 3. The molecule has 0 amide bonds. The molecule has 0 atom stereocenters. The van der Waals surface area contributed by atoms with Crippen molar-refractivity contribution in [1.29, 1.82) is 0 Å². The predicted molar refractivity (Wildman–Crippen MR) is 102 cm³/mol. The summed E-state index contributed by atoms with van der Waals surface area (Å²) >= 11 is 1.61. The molecule has 0 heterocycles. The molecule has 3 aromatic carbocycles. The summed E-state index contributed by atoms with van der Waals surface area (Å²) in [6.45, 7) is 4.14. The fraction of sp³-hybridized carbons (Fsp3) is 0.136. The molecular weight excluding hydrogens is 331 g/mol. The van der Waals surface area contributed by atoms with Crippen LogP contribution in [0.3, 0.4) is 0 Å². The van der Waals surface area contributed by atoms with Gasteiger partial charge in [0.15, 0.2) is 6.29 Å². The van der Waals surface area contributed by atoms with Gasteiger partial charge in [0.05, 0.1) is 0 Å². The molecule has 0 aliphatic rings. The predicted octanol–water partition coefficient (Wildman–Crippen LogP) is 6.58. The summed E-state index contributed by atoms with van der Waals surface area (Å²) in [5, 5.41) is 0. The highest BCUT2D eigenvalue weighted by atomic mass is 32.2. The van der Waals surface area contributed by atoms with E-state index in [0.29, 0.717) is 5.56 Å². The summed E-state index contributed by atoms with van der Waals surface area (Å²) in [6.07, 6.45) is 0.920. The summed E-state index contributed by atoms with van der Waals surface area (Å²) < 4.78 is 13.4. The average Bonchev–Trinajstić information content (AvgIpc) is 2.62. The zero-order chi connectivity index (χ0) is 17.8. The fourth-order valence-electron chi connectivity index (χ4n) is 2.86. The number of carbonyl (C=O) groups excluding carboxylic acids is 1. The summed E-state index contributed by atoms with van der Waals surface area (Å²) in [5.74, 6) is -0.0520. The Kier molecular flexibility index (Phi) is 5.34. The van der Waals surface area contributed by atoms with Gasteiger partial charge in [0.25, 0.3) is 0 Å². The zero-order valence-electron chi connectivity index (χ0n) is 14.2. The van der Waals surface area contributed by atoms with Crippen molar-refractivity contribution in [3.05, 3.63) is 83.7 Å². The largest absolute Gasteiger partial charge is 0.298 e. The first-order valence-corrected chi connectivity index (χ1v) is 9.02. The van der Waals surface area contributed by atoms with Gasteiger partial charge < -0.3 is 0 Å². The molecule has 0 saturated heterocycles. The van der Waals surface area contributed by atoms with Crippen molar-refractivity contribution in [3.8, 4) is 11.1 Å². The Balaban J connectivity index is 2.20. The fourth-order valence-corrected chi connectivity index (χ4v) is 3.87.